The average Bonchev–Trinajstić information content (AvgIpc) is 2.81. The SMILES string of the molecule is CCNC(c1ccccc1C(F)(F)F)c1cnnn1C. The van der Waals surface area contributed by atoms with Crippen molar-refractivity contribution in [2.75, 3.05) is 6.54 Å². The molecule has 0 bridgehead atoms. The van der Waals surface area contributed by atoms with Crippen LogP contribution in [0.15, 0.2) is 30.5 Å². The van der Waals surface area contributed by atoms with Crippen molar-refractivity contribution < 1.29 is 13.2 Å². The summed E-state index contributed by atoms with van der Waals surface area (Å²) in [6, 6.07) is 4.94. The van der Waals surface area contributed by atoms with Gasteiger partial charge in [0.2, 0.25) is 0 Å². The third-order valence-corrected chi connectivity index (χ3v) is 3.03. The van der Waals surface area contributed by atoms with Gasteiger partial charge in [-0.15, -0.1) is 5.10 Å². The molecular formula is C13H15F3N4. The van der Waals surface area contributed by atoms with E-state index >= 15 is 0 Å². The van der Waals surface area contributed by atoms with E-state index < -0.39 is 17.8 Å². The van der Waals surface area contributed by atoms with Gasteiger partial charge < -0.3 is 5.32 Å². The number of rotatable bonds is 4. The largest absolute Gasteiger partial charge is 0.416 e. The predicted octanol–water partition coefficient (Wildman–Crippen LogP) is 2.53. The van der Waals surface area contributed by atoms with Gasteiger partial charge in [-0.1, -0.05) is 30.3 Å². The van der Waals surface area contributed by atoms with Gasteiger partial charge in [0.25, 0.3) is 0 Å². The van der Waals surface area contributed by atoms with Gasteiger partial charge in [0, 0.05) is 7.05 Å². The lowest BCUT2D eigenvalue weighted by atomic mass is 9.97. The maximum atomic E-state index is 13.1. The number of hydrogen-bond acceptors (Lipinski definition) is 3. The number of aromatic nitrogens is 3. The van der Waals surface area contributed by atoms with Crippen molar-refractivity contribution in [3.63, 3.8) is 0 Å². The minimum absolute atomic E-state index is 0.173. The van der Waals surface area contributed by atoms with E-state index in [-0.39, 0.29) is 5.56 Å². The fourth-order valence-electron chi connectivity index (χ4n) is 2.14. The molecule has 0 saturated heterocycles. The molecule has 0 fully saturated rings. The van der Waals surface area contributed by atoms with Crippen LogP contribution in [-0.4, -0.2) is 21.5 Å². The Kier molecular flexibility index (Phi) is 4.08. The highest BCUT2D eigenvalue weighted by Crippen LogP contribution is 2.36. The Labute approximate surface area is 114 Å². The molecule has 0 saturated carbocycles. The molecule has 0 aliphatic carbocycles. The Hall–Kier alpha value is -1.89. The van der Waals surface area contributed by atoms with E-state index in [2.05, 4.69) is 15.6 Å². The van der Waals surface area contributed by atoms with Gasteiger partial charge in [0.15, 0.2) is 0 Å². The molecule has 4 nitrogen and oxygen atoms in total. The molecule has 1 heterocycles. The Morgan fingerprint density at radius 3 is 2.55 bits per heavy atom. The Balaban J connectivity index is 2.54. The zero-order valence-electron chi connectivity index (χ0n) is 11.1. The molecule has 1 aromatic heterocycles. The highest BCUT2D eigenvalue weighted by molar-refractivity contribution is 5.36. The summed E-state index contributed by atoms with van der Waals surface area (Å²) in [5.41, 5.74) is 0.114. The molecule has 1 unspecified atom stereocenters. The second-order valence-corrected chi connectivity index (χ2v) is 4.36. The number of aryl methyl sites for hydroxylation is 1. The molecule has 108 valence electrons. The van der Waals surface area contributed by atoms with Gasteiger partial charge in [0.1, 0.15) is 0 Å². The first-order valence-corrected chi connectivity index (χ1v) is 6.19. The number of halogens is 3. The average molecular weight is 284 g/mol. The normalized spacial score (nSPS) is 13.4. The van der Waals surface area contributed by atoms with E-state index in [1.54, 1.807) is 13.1 Å². The van der Waals surface area contributed by atoms with Crippen LogP contribution >= 0.6 is 0 Å². The summed E-state index contributed by atoms with van der Waals surface area (Å²) >= 11 is 0. The van der Waals surface area contributed by atoms with Crippen LogP contribution in [0.1, 0.15) is 29.8 Å². The first-order valence-electron chi connectivity index (χ1n) is 6.19. The summed E-state index contributed by atoms with van der Waals surface area (Å²) < 4.78 is 40.8. The van der Waals surface area contributed by atoms with E-state index in [1.807, 2.05) is 6.92 Å². The smallest absolute Gasteiger partial charge is 0.305 e. The second-order valence-electron chi connectivity index (χ2n) is 4.36. The zero-order chi connectivity index (χ0) is 14.8. The monoisotopic (exact) mass is 284 g/mol. The number of hydrogen-bond donors (Lipinski definition) is 1. The van der Waals surface area contributed by atoms with Crippen LogP contribution in [0.25, 0.3) is 0 Å². The highest BCUT2D eigenvalue weighted by Gasteiger charge is 2.35. The van der Waals surface area contributed by atoms with E-state index in [1.165, 1.54) is 23.0 Å². The van der Waals surface area contributed by atoms with E-state index in [0.717, 1.165) is 6.07 Å². The summed E-state index contributed by atoms with van der Waals surface area (Å²) in [6.45, 7) is 2.37. The molecule has 2 rings (SSSR count). The third-order valence-electron chi connectivity index (χ3n) is 3.03. The van der Waals surface area contributed by atoms with Gasteiger partial charge in [-0.3, -0.25) is 4.68 Å². The van der Waals surface area contributed by atoms with Crippen LogP contribution in [0.2, 0.25) is 0 Å². The first-order chi connectivity index (χ1) is 9.45. The molecule has 0 aliphatic heterocycles. The molecule has 2 aromatic rings. The Bertz CT molecular complexity index is 577. The highest BCUT2D eigenvalue weighted by atomic mass is 19.4. The van der Waals surface area contributed by atoms with Crippen LogP contribution in [0.5, 0.6) is 0 Å². The van der Waals surface area contributed by atoms with Crippen LogP contribution in [-0.2, 0) is 13.2 Å². The standard InChI is InChI=1S/C13H15F3N4/c1-3-17-12(11-8-18-19-20(11)2)9-6-4-5-7-10(9)13(14,15)16/h4-8,12,17H,3H2,1-2H3. The van der Waals surface area contributed by atoms with Crippen LogP contribution in [0, 0.1) is 0 Å². The van der Waals surface area contributed by atoms with Crippen molar-refractivity contribution >= 4 is 0 Å². The van der Waals surface area contributed by atoms with Crippen molar-refractivity contribution in [3.8, 4) is 0 Å². The van der Waals surface area contributed by atoms with Gasteiger partial charge in [-0.25, -0.2) is 0 Å². The van der Waals surface area contributed by atoms with Crippen molar-refractivity contribution in [1.82, 2.24) is 20.3 Å². The minimum Gasteiger partial charge on any atom is -0.305 e. The molecule has 1 atom stereocenters. The summed E-state index contributed by atoms with van der Waals surface area (Å²) in [4.78, 5) is 0. The third kappa shape index (κ3) is 2.82. The lowest BCUT2D eigenvalue weighted by Gasteiger charge is -2.22. The lowest BCUT2D eigenvalue weighted by Crippen LogP contribution is -2.26. The van der Waals surface area contributed by atoms with Gasteiger partial charge in [-0.2, -0.15) is 13.2 Å². The minimum atomic E-state index is -4.39. The molecule has 7 heteroatoms. The topological polar surface area (TPSA) is 42.7 Å². The van der Waals surface area contributed by atoms with Crippen molar-refractivity contribution in [1.29, 1.82) is 0 Å². The van der Waals surface area contributed by atoms with Crippen molar-refractivity contribution in [2.45, 2.75) is 19.1 Å². The van der Waals surface area contributed by atoms with Crippen molar-refractivity contribution in [2.24, 2.45) is 7.05 Å². The van der Waals surface area contributed by atoms with E-state index in [9.17, 15) is 13.2 Å². The fourth-order valence-corrected chi connectivity index (χ4v) is 2.14. The number of nitrogens with zero attached hydrogens (tertiary/aromatic N) is 3. The summed E-state index contributed by atoms with van der Waals surface area (Å²) in [5.74, 6) is 0. The zero-order valence-corrected chi connectivity index (χ0v) is 11.1. The molecule has 1 aromatic carbocycles. The number of alkyl halides is 3. The van der Waals surface area contributed by atoms with Crippen LogP contribution < -0.4 is 5.32 Å². The Morgan fingerprint density at radius 1 is 1.30 bits per heavy atom. The van der Waals surface area contributed by atoms with Crippen LogP contribution in [0.3, 0.4) is 0 Å². The van der Waals surface area contributed by atoms with Crippen molar-refractivity contribution in [3.05, 3.63) is 47.3 Å². The molecule has 20 heavy (non-hydrogen) atoms. The molecule has 0 radical (unpaired) electrons. The van der Waals surface area contributed by atoms with Gasteiger partial charge in [-0.05, 0) is 18.2 Å². The lowest BCUT2D eigenvalue weighted by molar-refractivity contribution is -0.138. The van der Waals surface area contributed by atoms with Gasteiger partial charge in [0.05, 0.1) is 23.5 Å². The number of nitrogens with one attached hydrogen (secondary N) is 1. The fraction of sp³-hybridized carbons (Fsp3) is 0.385. The molecule has 1 N–H and O–H groups in total. The summed E-state index contributed by atoms with van der Waals surface area (Å²) in [6.07, 6.45) is -2.92. The quantitative estimate of drug-likeness (QED) is 0.938. The molecule has 0 amide bonds. The van der Waals surface area contributed by atoms with E-state index in [0.29, 0.717) is 12.2 Å². The van der Waals surface area contributed by atoms with Crippen LogP contribution in [0.4, 0.5) is 13.2 Å². The maximum absolute atomic E-state index is 13.1. The predicted molar refractivity (Wildman–Crippen MR) is 68.0 cm³/mol. The summed E-state index contributed by atoms with van der Waals surface area (Å²) in [7, 11) is 1.66. The number of benzene rings is 1. The van der Waals surface area contributed by atoms with E-state index in [4.69, 9.17) is 0 Å². The summed E-state index contributed by atoms with van der Waals surface area (Å²) in [5, 5.41) is 10.6. The maximum Gasteiger partial charge on any atom is 0.416 e. The molecule has 0 spiro atoms. The molecular weight excluding hydrogens is 269 g/mol. The second kappa shape index (κ2) is 5.62. The van der Waals surface area contributed by atoms with Gasteiger partial charge >= 0.3 is 6.18 Å². The Morgan fingerprint density at radius 2 is 2.00 bits per heavy atom. The molecule has 0 aliphatic rings. The first kappa shape index (κ1) is 14.5.